The zero-order valence-electron chi connectivity index (χ0n) is 12.6. The van der Waals surface area contributed by atoms with Crippen LogP contribution in [0.1, 0.15) is 10.1 Å². The van der Waals surface area contributed by atoms with Crippen LogP contribution in [-0.4, -0.2) is 26.2 Å². The number of hydrogen-bond acceptors (Lipinski definition) is 6. The predicted octanol–water partition coefficient (Wildman–Crippen LogP) is 3.88. The van der Waals surface area contributed by atoms with Crippen LogP contribution in [0.2, 0.25) is 0 Å². The first-order valence-corrected chi connectivity index (χ1v) is 8.63. The van der Waals surface area contributed by atoms with Crippen molar-refractivity contribution in [3.63, 3.8) is 0 Å². The van der Waals surface area contributed by atoms with Crippen LogP contribution in [0.3, 0.4) is 0 Å². The van der Waals surface area contributed by atoms with Crippen molar-refractivity contribution in [2.45, 2.75) is 4.58 Å². The minimum atomic E-state index is -0.508. The third kappa shape index (κ3) is 3.09. The number of ether oxygens (including phenoxy) is 2. The highest BCUT2D eigenvalue weighted by molar-refractivity contribution is 8.23. The quantitative estimate of drug-likeness (QED) is 0.786. The van der Waals surface area contributed by atoms with E-state index >= 15 is 0 Å². The summed E-state index contributed by atoms with van der Waals surface area (Å²) in [6, 6.07) is 14.2. The zero-order chi connectivity index (χ0) is 16.4. The fourth-order valence-corrected chi connectivity index (χ4v) is 5.09. The topological polar surface area (TPSA) is 52.6 Å². The summed E-state index contributed by atoms with van der Waals surface area (Å²) in [5.41, 5.74) is 1.04. The number of carbonyl (C=O) groups excluding carboxylic acids is 2. The van der Waals surface area contributed by atoms with Crippen LogP contribution in [0.4, 0.5) is 0 Å². The fraction of sp³-hybridized carbons (Fsp3) is 0.176. The van der Waals surface area contributed by atoms with Gasteiger partial charge in [0.15, 0.2) is 0 Å². The highest BCUT2D eigenvalue weighted by atomic mass is 32.2. The Kier molecular flexibility index (Phi) is 4.63. The second-order valence-corrected chi connectivity index (χ2v) is 7.34. The smallest absolute Gasteiger partial charge is 0.345 e. The molecule has 0 aromatic heterocycles. The lowest BCUT2D eigenvalue weighted by Crippen LogP contribution is -2.08. The third-order valence-corrected chi connectivity index (χ3v) is 6.34. The number of methoxy groups -OCH3 is 2. The molecule has 2 aromatic rings. The Hall–Kier alpha value is -1.92. The first-order chi connectivity index (χ1) is 11.1. The largest absolute Gasteiger partial charge is 0.465 e. The summed E-state index contributed by atoms with van der Waals surface area (Å²) in [5, 5.41) is 2.27. The summed E-state index contributed by atoms with van der Waals surface area (Å²) in [5.74, 6) is -1.02. The molecule has 0 fully saturated rings. The number of thioether (sulfide) groups is 2. The van der Waals surface area contributed by atoms with E-state index in [1.165, 1.54) is 37.7 Å². The molecular weight excluding hydrogens is 332 g/mol. The molecule has 0 unspecified atom stereocenters. The van der Waals surface area contributed by atoms with E-state index < -0.39 is 11.9 Å². The Morgan fingerprint density at radius 1 is 0.870 bits per heavy atom. The number of fused-ring (bicyclic) bond motifs is 1. The molecule has 0 saturated heterocycles. The molecule has 0 spiro atoms. The van der Waals surface area contributed by atoms with Crippen LogP contribution in [0.15, 0.2) is 52.3 Å². The minimum Gasteiger partial charge on any atom is -0.465 e. The van der Waals surface area contributed by atoms with Gasteiger partial charge in [-0.1, -0.05) is 59.9 Å². The Morgan fingerprint density at radius 2 is 1.43 bits per heavy atom. The molecule has 0 saturated carbocycles. The molecule has 1 aliphatic heterocycles. The maximum absolute atomic E-state index is 11.9. The molecule has 23 heavy (non-hydrogen) atoms. The van der Waals surface area contributed by atoms with E-state index in [2.05, 4.69) is 6.07 Å². The standard InChI is InChI=1S/C17H14O4S2/c1-20-15(18)13-14(16(19)21-2)23-17(22-13)12-8-7-10-5-3-4-6-11(10)9-12/h3-9,17H,1-2H3. The van der Waals surface area contributed by atoms with Crippen LogP contribution in [-0.2, 0) is 19.1 Å². The number of carbonyl (C=O) groups is 2. The van der Waals surface area contributed by atoms with Crippen LogP contribution in [0.5, 0.6) is 0 Å². The van der Waals surface area contributed by atoms with Crippen LogP contribution in [0.25, 0.3) is 10.8 Å². The van der Waals surface area contributed by atoms with Crippen molar-refractivity contribution < 1.29 is 19.1 Å². The van der Waals surface area contributed by atoms with Gasteiger partial charge >= 0.3 is 11.9 Å². The molecule has 3 rings (SSSR count). The molecule has 0 aliphatic carbocycles. The average molecular weight is 346 g/mol. The lowest BCUT2D eigenvalue weighted by molar-refractivity contribution is -0.138. The van der Waals surface area contributed by atoms with Gasteiger partial charge in [0.1, 0.15) is 9.81 Å². The van der Waals surface area contributed by atoms with Crippen molar-refractivity contribution in [2.24, 2.45) is 0 Å². The average Bonchev–Trinajstić information content (AvgIpc) is 3.05. The molecule has 0 atom stereocenters. The van der Waals surface area contributed by atoms with E-state index in [4.69, 9.17) is 9.47 Å². The van der Waals surface area contributed by atoms with Gasteiger partial charge in [-0.05, 0) is 22.4 Å². The second kappa shape index (κ2) is 6.68. The van der Waals surface area contributed by atoms with E-state index in [-0.39, 0.29) is 4.58 Å². The van der Waals surface area contributed by atoms with Gasteiger partial charge in [0.2, 0.25) is 0 Å². The highest BCUT2D eigenvalue weighted by Crippen LogP contribution is 2.55. The van der Waals surface area contributed by atoms with Crippen LogP contribution >= 0.6 is 23.5 Å². The lowest BCUT2D eigenvalue weighted by Gasteiger charge is -2.10. The molecule has 4 nitrogen and oxygen atoms in total. The maximum atomic E-state index is 11.9. The molecule has 1 heterocycles. The van der Waals surface area contributed by atoms with Crippen molar-refractivity contribution in [1.82, 2.24) is 0 Å². The number of rotatable bonds is 3. The number of hydrogen-bond donors (Lipinski definition) is 0. The van der Waals surface area contributed by atoms with Crippen LogP contribution < -0.4 is 0 Å². The number of benzene rings is 2. The van der Waals surface area contributed by atoms with Crippen molar-refractivity contribution in [3.05, 3.63) is 57.8 Å². The van der Waals surface area contributed by atoms with Gasteiger partial charge in [-0.15, -0.1) is 0 Å². The van der Waals surface area contributed by atoms with Gasteiger partial charge in [0.05, 0.1) is 18.8 Å². The Balaban J connectivity index is 1.93. The molecular formula is C17H14O4S2. The fourth-order valence-electron chi connectivity index (χ4n) is 2.30. The van der Waals surface area contributed by atoms with E-state index in [0.29, 0.717) is 9.81 Å². The monoisotopic (exact) mass is 346 g/mol. The zero-order valence-corrected chi connectivity index (χ0v) is 14.2. The summed E-state index contributed by atoms with van der Waals surface area (Å²) in [7, 11) is 2.61. The molecule has 118 valence electrons. The molecule has 2 aromatic carbocycles. The molecule has 0 radical (unpaired) electrons. The highest BCUT2D eigenvalue weighted by Gasteiger charge is 2.36. The van der Waals surface area contributed by atoms with E-state index in [1.54, 1.807) is 0 Å². The van der Waals surface area contributed by atoms with E-state index in [0.717, 1.165) is 16.3 Å². The van der Waals surface area contributed by atoms with E-state index in [9.17, 15) is 9.59 Å². The second-order valence-electron chi connectivity index (χ2n) is 4.82. The molecule has 0 N–H and O–H groups in total. The van der Waals surface area contributed by atoms with Crippen molar-refractivity contribution in [3.8, 4) is 0 Å². The predicted molar refractivity (Wildman–Crippen MR) is 92.9 cm³/mol. The van der Waals surface area contributed by atoms with Gasteiger partial charge in [-0.3, -0.25) is 0 Å². The first kappa shape index (κ1) is 16.0. The van der Waals surface area contributed by atoms with Gasteiger partial charge in [0, 0.05) is 0 Å². The summed E-state index contributed by atoms with van der Waals surface area (Å²) < 4.78 is 9.47. The first-order valence-electron chi connectivity index (χ1n) is 6.87. The van der Waals surface area contributed by atoms with Gasteiger partial charge in [0.25, 0.3) is 0 Å². The summed E-state index contributed by atoms with van der Waals surface area (Å²) in [6.07, 6.45) is 0. The van der Waals surface area contributed by atoms with Gasteiger partial charge in [-0.2, -0.15) is 0 Å². The van der Waals surface area contributed by atoms with Crippen molar-refractivity contribution >= 4 is 46.2 Å². The third-order valence-electron chi connectivity index (χ3n) is 3.44. The SMILES string of the molecule is COC(=O)C1=C(C(=O)OC)SC(c2ccc3ccccc3c2)S1. The molecule has 1 aliphatic rings. The maximum Gasteiger partial charge on any atom is 0.345 e. The lowest BCUT2D eigenvalue weighted by atomic mass is 10.1. The minimum absolute atomic E-state index is 0.0807. The number of esters is 2. The summed E-state index contributed by atoms with van der Waals surface area (Å²) in [6.45, 7) is 0. The normalized spacial score (nSPS) is 15.0. The summed E-state index contributed by atoms with van der Waals surface area (Å²) in [4.78, 5) is 24.4. The molecule has 0 bridgehead atoms. The van der Waals surface area contributed by atoms with E-state index in [1.807, 2.05) is 36.4 Å². The van der Waals surface area contributed by atoms with Gasteiger partial charge in [-0.25, -0.2) is 9.59 Å². The Labute approximate surface area is 142 Å². The van der Waals surface area contributed by atoms with Crippen molar-refractivity contribution in [1.29, 1.82) is 0 Å². The van der Waals surface area contributed by atoms with Crippen LogP contribution in [0, 0.1) is 0 Å². The Bertz CT molecular complexity index is 785. The Morgan fingerprint density at radius 3 is 2.00 bits per heavy atom. The van der Waals surface area contributed by atoms with Crippen molar-refractivity contribution in [2.75, 3.05) is 14.2 Å². The summed E-state index contributed by atoms with van der Waals surface area (Å²) >= 11 is 2.65. The molecule has 6 heteroatoms. The molecule has 0 amide bonds. The van der Waals surface area contributed by atoms with Gasteiger partial charge < -0.3 is 9.47 Å².